The quantitative estimate of drug-likeness (QED) is 0.484. The Bertz CT molecular complexity index is 1020. The van der Waals surface area contributed by atoms with E-state index in [2.05, 4.69) is 10.1 Å². The molecule has 0 bridgehead atoms. The number of hydrogen-bond acceptors (Lipinski definition) is 4. The minimum atomic E-state index is -5.06. The molecule has 0 spiro atoms. The van der Waals surface area contributed by atoms with Gasteiger partial charge in [0.05, 0.1) is 17.9 Å². The fraction of sp³-hybridized carbons (Fsp3) is 0.167. The normalized spacial score (nSPS) is 11.5. The molecule has 0 aliphatic rings. The van der Waals surface area contributed by atoms with E-state index in [-0.39, 0.29) is 18.0 Å². The molecule has 0 saturated carbocycles. The van der Waals surface area contributed by atoms with Crippen molar-refractivity contribution in [2.45, 2.75) is 13.1 Å². The van der Waals surface area contributed by atoms with Crippen LogP contribution in [0.5, 0.6) is 0 Å². The highest BCUT2D eigenvalue weighted by molar-refractivity contribution is 5.89. The molecule has 2 aromatic heterocycles. The highest BCUT2D eigenvalue weighted by Gasteiger charge is 2.36. The summed E-state index contributed by atoms with van der Waals surface area (Å²) in [4.78, 5) is 15.9. The fourth-order valence-electron chi connectivity index (χ4n) is 2.51. The van der Waals surface area contributed by atoms with Crippen LogP contribution in [0.25, 0.3) is 16.9 Å². The molecule has 0 saturated heterocycles. The molecule has 2 heterocycles. The molecule has 0 aliphatic carbocycles. The predicted molar refractivity (Wildman–Crippen MR) is 87.7 cm³/mol. The maximum atomic E-state index is 14.5. The molecular formula is C18H12F5N3O2. The van der Waals surface area contributed by atoms with Crippen LogP contribution < -0.4 is 0 Å². The van der Waals surface area contributed by atoms with Gasteiger partial charge in [-0.25, -0.2) is 18.3 Å². The second-order valence-corrected chi connectivity index (χ2v) is 5.55. The summed E-state index contributed by atoms with van der Waals surface area (Å²) in [6.45, 7) is 1.62. The zero-order chi connectivity index (χ0) is 20.5. The van der Waals surface area contributed by atoms with E-state index in [1.54, 1.807) is 19.1 Å². The maximum absolute atomic E-state index is 14.5. The maximum Gasteiger partial charge on any atom is 0.419 e. The van der Waals surface area contributed by atoms with Crippen LogP contribution in [0, 0.1) is 11.6 Å². The second kappa shape index (κ2) is 7.37. The third kappa shape index (κ3) is 3.57. The van der Waals surface area contributed by atoms with Gasteiger partial charge in [-0.15, -0.1) is 0 Å². The smallest absolute Gasteiger partial charge is 0.419 e. The van der Waals surface area contributed by atoms with Gasteiger partial charge in [-0.3, -0.25) is 4.98 Å². The number of esters is 1. The number of aromatic nitrogens is 3. The first-order valence-corrected chi connectivity index (χ1v) is 7.97. The Balaban J connectivity index is 2.21. The summed E-state index contributed by atoms with van der Waals surface area (Å²) in [5.41, 5.74) is -2.06. The zero-order valence-corrected chi connectivity index (χ0v) is 14.3. The van der Waals surface area contributed by atoms with Crippen molar-refractivity contribution in [3.05, 3.63) is 65.6 Å². The van der Waals surface area contributed by atoms with Crippen LogP contribution in [0.3, 0.4) is 0 Å². The minimum absolute atomic E-state index is 0.0528. The number of alkyl halides is 3. The van der Waals surface area contributed by atoms with E-state index in [9.17, 15) is 26.7 Å². The third-order valence-electron chi connectivity index (χ3n) is 3.75. The summed E-state index contributed by atoms with van der Waals surface area (Å²) in [5.74, 6) is -4.63. The summed E-state index contributed by atoms with van der Waals surface area (Å²) < 4.78 is 72.6. The van der Waals surface area contributed by atoms with E-state index in [0.29, 0.717) is 11.6 Å². The molecule has 0 aliphatic heterocycles. The van der Waals surface area contributed by atoms with Crippen LogP contribution in [0.4, 0.5) is 22.0 Å². The first-order chi connectivity index (χ1) is 13.2. The summed E-state index contributed by atoms with van der Waals surface area (Å²) in [7, 11) is 0. The van der Waals surface area contributed by atoms with Crippen LogP contribution in [-0.4, -0.2) is 27.3 Å². The summed E-state index contributed by atoms with van der Waals surface area (Å²) in [6, 6.07) is 5.52. The van der Waals surface area contributed by atoms with Gasteiger partial charge < -0.3 is 4.74 Å². The van der Waals surface area contributed by atoms with Crippen molar-refractivity contribution < 1.29 is 31.5 Å². The second-order valence-electron chi connectivity index (χ2n) is 5.55. The van der Waals surface area contributed by atoms with Crippen molar-refractivity contribution in [3.63, 3.8) is 0 Å². The molecular weight excluding hydrogens is 385 g/mol. The van der Waals surface area contributed by atoms with Crippen molar-refractivity contribution in [1.82, 2.24) is 14.8 Å². The summed E-state index contributed by atoms with van der Waals surface area (Å²) in [6.07, 6.45) is -2.22. The number of benzene rings is 1. The highest BCUT2D eigenvalue weighted by Crippen LogP contribution is 2.34. The Kier molecular flexibility index (Phi) is 5.12. The largest absolute Gasteiger partial charge is 0.461 e. The van der Waals surface area contributed by atoms with Gasteiger partial charge in [0, 0.05) is 18.0 Å². The zero-order valence-electron chi connectivity index (χ0n) is 14.3. The van der Waals surface area contributed by atoms with Gasteiger partial charge in [0.1, 0.15) is 5.69 Å². The molecule has 10 heteroatoms. The molecule has 0 atom stereocenters. The van der Waals surface area contributed by atoms with E-state index in [4.69, 9.17) is 4.74 Å². The Morgan fingerprint density at radius 2 is 1.93 bits per heavy atom. The van der Waals surface area contributed by atoms with Crippen LogP contribution in [0.15, 0.2) is 42.7 Å². The van der Waals surface area contributed by atoms with E-state index in [1.807, 2.05) is 0 Å². The number of carbonyl (C=O) groups is 1. The monoisotopic (exact) mass is 397 g/mol. The summed E-state index contributed by atoms with van der Waals surface area (Å²) in [5, 5.41) is 3.90. The molecule has 0 N–H and O–H groups in total. The Morgan fingerprint density at radius 1 is 1.18 bits per heavy atom. The molecule has 0 unspecified atom stereocenters. The molecule has 3 aromatic rings. The van der Waals surface area contributed by atoms with Crippen molar-refractivity contribution in [2.75, 3.05) is 6.61 Å². The lowest BCUT2D eigenvalue weighted by Gasteiger charge is -2.13. The number of ether oxygens (including phenoxy) is 1. The van der Waals surface area contributed by atoms with Crippen molar-refractivity contribution >= 4 is 5.97 Å². The SMILES string of the molecule is CCOC(=O)c1cc(-c2cccnc2)n(-c2ccc(C(F)(F)F)c(F)c2F)n1. The number of halogens is 5. The van der Waals surface area contributed by atoms with Crippen LogP contribution in [0.2, 0.25) is 0 Å². The van der Waals surface area contributed by atoms with Gasteiger partial charge in [0.25, 0.3) is 0 Å². The van der Waals surface area contributed by atoms with Gasteiger partial charge in [-0.1, -0.05) is 0 Å². The Hall–Kier alpha value is -3.30. The van der Waals surface area contributed by atoms with Crippen LogP contribution >= 0.6 is 0 Å². The first kappa shape index (κ1) is 19.5. The standard InChI is InChI=1S/C18H12F5N3O2/c1-2-28-17(27)12-8-14(10-4-3-7-24-9-10)26(25-12)13-6-5-11(18(21,22)23)15(19)16(13)20/h3-9H,2H2,1H3. The number of rotatable bonds is 4. The number of pyridine rings is 1. The van der Waals surface area contributed by atoms with Gasteiger partial charge in [-0.05, 0) is 37.3 Å². The topological polar surface area (TPSA) is 57.0 Å². The molecule has 146 valence electrons. The minimum Gasteiger partial charge on any atom is -0.461 e. The third-order valence-corrected chi connectivity index (χ3v) is 3.75. The van der Waals surface area contributed by atoms with E-state index in [1.165, 1.54) is 18.5 Å². The van der Waals surface area contributed by atoms with E-state index >= 15 is 0 Å². The predicted octanol–water partition coefficient (Wildman–Crippen LogP) is 4.41. The molecule has 3 rings (SSSR count). The van der Waals surface area contributed by atoms with Gasteiger partial charge in [-0.2, -0.15) is 18.3 Å². The van der Waals surface area contributed by atoms with Crippen LogP contribution in [0.1, 0.15) is 23.0 Å². The lowest BCUT2D eigenvalue weighted by molar-refractivity contribution is -0.140. The lowest BCUT2D eigenvalue weighted by atomic mass is 10.1. The van der Waals surface area contributed by atoms with Gasteiger partial charge >= 0.3 is 12.1 Å². The number of nitrogens with zero attached hydrogens (tertiary/aromatic N) is 3. The Morgan fingerprint density at radius 3 is 2.54 bits per heavy atom. The molecule has 5 nitrogen and oxygen atoms in total. The molecule has 0 radical (unpaired) electrons. The van der Waals surface area contributed by atoms with Gasteiger partial charge in [0.15, 0.2) is 17.3 Å². The Labute approximate surface area is 155 Å². The average molecular weight is 397 g/mol. The molecule has 1 aromatic carbocycles. The van der Waals surface area contributed by atoms with Crippen LogP contribution in [-0.2, 0) is 10.9 Å². The van der Waals surface area contributed by atoms with Crippen molar-refractivity contribution in [3.8, 4) is 16.9 Å². The highest BCUT2D eigenvalue weighted by atomic mass is 19.4. The first-order valence-electron chi connectivity index (χ1n) is 7.97. The molecule has 0 amide bonds. The molecule has 28 heavy (non-hydrogen) atoms. The lowest BCUT2D eigenvalue weighted by Crippen LogP contribution is -2.13. The number of hydrogen-bond donors (Lipinski definition) is 0. The van der Waals surface area contributed by atoms with E-state index < -0.39 is 35.0 Å². The summed E-state index contributed by atoms with van der Waals surface area (Å²) >= 11 is 0. The average Bonchev–Trinajstić information content (AvgIpc) is 3.09. The number of carbonyl (C=O) groups excluding carboxylic acids is 1. The fourth-order valence-corrected chi connectivity index (χ4v) is 2.51. The van der Waals surface area contributed by atoms with Gasteiger partial charge in [0.2, 0.25) is 0 Å². The molecule has 0 fully saturated rings. The van der Waals surface area contributed by atoms with Crippen molar-refractivity contribution in [1.29, 1.82) is 0 Å². The van der Waals surface area contributed by atoms with E-state index in [0.717, 1.165) is 10.7 Å². The van der Waals surface area contributed by atoms with Crippen molar-refractivity contribution in [2.24, 2.45) is 0 Å².